The van der Waals surface area contributed by atoms with Gasteiger partial charge in [0.25, 0.3) is 0 Å². The van der Waals surface area contributed by atoms with Crippen molar-refractivity contribution in [2.45, 2.75) is 12.5 Å². The van der Waals surface area contributed by atoms with Crippen LogP contribution < -0.4 is 4.74 Å². The van der Waals surface area contributed by atoms with E-state index in [1.54, 1.807) is 12.1 Å². The Hall–Kier alpha value is -1.65. The van der Waals surface area contributed by atoms with E-state index in [1.165, 1.54) is 31.4 Å². The maximum atomic E-state index is 13.8. The molecule has 1 unspecified atom stereocenters. The van der Waals surface area contributed by atoms with Gasteiger partial charge in [-0.3, -0.25) is 0 Å². The Morgan fingerprint density at radius 1 is 1.20 bits per heavy atom. The number of halogens is 3. The van der Waals surface area contributed by atoms with Gasteiger partial charge in [0.05, 0.1) is 18.2 Å². The van der Waals surface area contributed by atoms with Crippen molar-refractivity contribution in [3.8, 4) is 5.75 Å². The molecule has 1 atom stereocenters. The molecule has 0 aliphatic carbocycles. The highest BCUT2D eigenvalue weighted by atomic mass is 35.5. The highest BCUT2D eigenvalue weighted by Crippen LogP contribution is 2.28. The summed E-state index contributed by atoms with van der Waals surface area (Å²) in [5, 5.41) is 10.0. The summed E-state index contributed by atoms with van der Waals surface area (Å²) < 4.78 is 32.0. The van der Waals surface area contributed by atoms with E-state index in [-0.39, 0.29) is 17.0 Å². The van der Waals surface area contributed by atoms with Gasteiger partial charge in [-0.15, -0.1) is 0 Å². The predicted octanol–water partition coefficient (Wildman–Crippen LogP) is 3.90. The zero-order chi connectivity index (χ0) is 14.7. The van der Waals surface area contributed by atoms with Crippen molar-refractivity contribution in [2.75, 3.05) is 7.11 Å². The average Bonchev–Trinajstić information content (AvgIpc) is 2.43. The molecule has 106 valence electrons. The molecule has 0 saturated heterocycles. The zero-order valence-electron chi connectivity index (χ0n) is 10.7. The molecule has 0 aliphatic heterocycles. The van der Waals surface area contributed by atoms with Crippen LogP contribution in [0.25, 0.3) is 0 Å². The first-order valence-corrected chi connectivity index (χ1v) is 6.35. The molecule has 0 aromatic heterocycles. The third-order valence-corrected chi connectivity index (χ3v) is 3.43. The summed E-state index contributed by atoms with van der Waals surface area (Å²) in [6.07, 6.45) is -1.08. The lowest BCUT2D eigenvalue weighted by Gasteiger charge is -2.14. The highest BCUT2D eigenvalue weighted by Gasteiger charge is 2.16. The molecule has 0 amide bonds. The zero-order valence-corrected chi connectivity index (χ0v) is 11.5. The standard InChI is InChI=1S/C15H13ClF2O2/c1-20-10-5-6-11(13(18)8-10)14(19)7-9-3-2-4-12(17)15(9)16/h2-6,8,14,19H,7H2,1H3. The average molecular weight is 299 g/mol. The molecule has 0 spiro atoms. The summed E-state index contributed by atoms with van der Waals surface area (Å²) in [5.41, 5.74) is 0.542. The Balaban J connectivity index is 2.24. The van der Waals surface area contributed by atoms with Crippen molar-refractivity contribution in [2.24, 2.45) is 0 Å². The second-order valence-corrected chi connectivity index (χ2v) is 4.70. The number of benzene rings is 2. The second kappa shape index (κ2) is 6.20. The molecular formula is C15H13ClF2O2. The molecule has 0 bridgehead atoms. The van der Waals surface area contributed by atoms with Gasteiger partial charge in [-0.2, -0.15) is 0 Å². The van der Waals surface area contributed by atoms with Gasteiger partial charge in [0.1, 0.15) is 17.4 Å². The fourth-order valence-corrected chi connectivity index (χ4v) is 2.13. The third-order valence-electron chi connectivity index (χ3n) is 3.01. The van der Waals surface area contributed by atoms with Crippen molar-refractivity contribution in [1.82, 2.24) is 0 Å². The van der Waals surface area contributed by atoms with E-state index in [0.29, 0.717) is 11.3 Å². The van der Waals surface area contributed by atoms with Gasteiger partial charge in [-0.05, 0) is 23.8 Å². The van der Waals surface area contributed by atoms with Gasteiger partial charge in [-0.25, -0.2) is 8.78 Å². The molecule has 5 heteroatoms. The largest absolute Gasteiger partial charge is 0.497 e. The van der Waals surface area contributed by atoms with Crippen molar-refractivity contribution < 1.29 is 18.6 Å². The summed E-state index contributed by atoms with van der Waals surface area (Å²) in [4.78, 5) is 0. The highest BCUT2D eigenvalue weighted by molar-refractivity contribution is 6.31. The van der Waals surface area contributed by atoms with Crippen LogP contribution in [0.2, 0.25) is 5.02 Å². The number of hydrogen-bond acceptors (Lipinski definition) is 2. The lowest BCUT2D eigenvalue weighted by atomic mass is 10.0. The summed E-state index contributed by atoms with van der Waals surface area (Å²) in [7, 11) is 1.43. The molecule has 2 aromatic rings. The molecule has 0 fully saturated rings. The number of ether oxygens (including phenoxy) is 1. The first-order chi connectivity index (χ1) is 9.52. The normalized spacial score (nSPS) is 12.2. The molecule has 20 heavy (non-hydrogen) atoms. The SMILES string of the molecule is COc1ccc(C(O)Cc2cccc(F)c2Cl)c(F)c1. The van der Waals surface area contributed by atoms with E-state index in [9.17, 15) is 13.9 Å². The summed E-state index contributed by atoms with van der Waals surface area (Å²) in [6, 6.07) is 8.49. The quantitative estimate of drug-likeness (QED) is 0.927. The van der Waals surface area contributed by atoms with E-state index in [1.807, 2.05) is 0 Å². The topological polar surface area (TPSA) is 29.5 Å². The van der Waals surface area contributed by atoms with Crippen LogP contribution in [0, 0.1) is 11.6 Å². The van der Waals surface area contributed by atoms with E-state index >= 15 is 0 Å². The summed E-state index contributed by atoms with van der Waals surface area (Å²) in [6.45, 7) is 0. The number of rotatable bonds is 4. The molecule has 0 saturated carbocycles. The monoisotopic (exact) mass is 298 g/mol. The van der Waals surface area contributed by atoms with Crippen LogP contribution in [0.15, 0.2) is 36.4 Å². The Bertz CT molecular complexity index is 617. The molecule has 0 aliphatic rings. The van der Waals surface area contributed by atoms with Crippen LogP contribution in [0.3, 0.4) is 0 Å². The van der Waals surface area contributed by atoms with Gasteiger partial charge >= 0.3 is 0 Å². The number of hydrogen-bond donors (Lipinski definition) is 1. The van der Waals surface area contributed by atoms with Crippen molar-refractivity contribution in [1.29, 1.82) is 0 Å². The summed E-state index contributed by atoms with van der Waals surface area (Å²) in [5.74, 6) is -0.779. The number of aliphatic hydroxyl groups is 1. The third kappa shape index (κ3) is 3.08. The first-order valence-electron chi connectivity index (χ1n) is 5.97. The maximum absolute atomic E-state index is 13.8. The van der Waals surface area contributed by atoms with Crippen molar-refractivity contribution in [3.05, 3.63) is 64.2 Å². The molecule has 1 N–H and O–H groups in total. The minimum absolute atomic E-state index is 0.0276. The van der Waals surface area contributed by atoms with Crippen LogP contribution in [0.1, 0.15) is 17.2 Å². The van der Waals surface area contributed by atoms with Gasteiger partial charge < -0.3 is 9.84 Å². The summed E-state index contributed by atoms with van der Waals surface area (Å²) >= 11 is 5.81. The lowest BCUT2D eigenvalue weighted by Crippen LogP contribution is -2.05. The van der Waals surface area contributed by atoms with Crippen LogP contribution in [-0.4, -0.2) is 12.2 Å². The predicted molar refractivity (Wildman–Crippen MR) is 73.0 cm³/mol. The first kappa shape index (κ1) is 14.8. The van der Waals surface area contributed by atoms with Crippen LogP contribution >= 0.6 is 11.6 Å². The molecule has 2 aromatic carbocycles. The fraction of sp³-hybridized carbons (Fsp3) is 0.200. The molecule has 2 nitrogen and oxygen atoms in total. The van der Waals surface area contributed by atoms with E-state index < -0.39 is 17.7 Å². The Kier molecular flexibility index (Phi) is 4.57. The van der Waals surface area contributed by atoms with Gasteiger partial charge in [-0.1, -0.05) is 23.7 Å². The van der Waals surface area contributed by atoms with Crippen LogP contribution in [0.4, 0.5) is 8.78 Å². The van der Waals surface area contributed by atoms with E-state index in [2.05, 4.69) is 0 Å². The van der Waals surface area contributed by atoms with E-state index in [0.717, 1.165) is 0 Å². The van der Waals surface area contributed by atoms with Crippen LogP contribution in [-0.2, 0) is 6.42 Å². The maximum Gasteiger partial charge on any atom is 0.142 e. The van der Waals surface area contributed by atoms with Gasteiger partial charge in [0.2, 0.25) is 0 Å². The minimum atomic E-state index is -1.11. The van der Waals surface area contributed by atoms with Crippen molar-refractivity contribution >= 4 is 11.6 Å². The van der Waals surface area contributed by atoms with Crippen molar-refractivity contribution in [3.63, 3.8) is 0 Å². The van der Waals surface area contributed by atoms with Gasteiger partial charge in [0.15, 0.2) is 0 Å². The molecule has 0 heterocycles. The number of aliphatic hydroxyl groups excluding tert-OH is 1. The second-order valence-electron chi connectivity index (χ2n) is 4.32. The van der Waals surface area contributed by atoms with Crippen LogP contribution in [0.5, 0.6) is 5.75 Å². The Morgan fingerprint density at radius 3 is 2.60 bits per heavy atom. The number of methoxy groups -OCH3 is 1. The minimum Gasteiger partial charge on any atom is -0.497 e. The Morgan fingerprint density at radius 2 is 1.95 bits per heavy atom. The fourth-order valence-electron chi connectivity index (χ4n) is 1.93. The van der Waals surface area contributed by atoms with E-state index in [4.69, 9.17) is 16.3 Å². The lowest BCUT2D eigenvalue weighted by molar-refractivity contribution is 0.173. The molecular weight excluding hydrogens is 286 g/mol. The molecule has 2 rings (SSSR count). The molecule has 0 radical (unpaired) electrons. The van der Waals surface area contributed by atoms with Gasteiger partial charge in [0, 0.05) is 18.1 Å². The Labute approximate surface area is 120 Å². The smallest absolute Gasteiger partial charge is 0.142 e.